The van der Waals surface area contributed by atoms with Crippen LogP contribution in [0.5, 0.6) is 0 Å². The second-order valence-corrected chi connectivity index (χ2v) is 4.99. The SMILES string of the molecule is C[C@H](CN)NC(=O)c1cc2ccc(F)cc2s1. The van der Waals surface area contributed by atoms with E-state index in [1.165, 1.54) is 23.5 Å². The lowest BCUT2D eigenvalue weighted by atomic mass is 10.2. The number of carbonyl (C=O) groups excluding carboxylic acids is 1. The molecule has 0 aliphatic heterocycles. The van der Waals surface area contributed by atoms with Crippen LogP contribution in [0, 0.1) is 5.82 Å². The Kier molecular flexibility index (Phi) is 3.40. The number of hydrogen-bond donors (Lipinski definition) is 2. The van der Waals surface area contributed by atoms with Crippen LogP contribution in [-0.4, -0.2) is 18.5 Å². The van der Waals surface area contributed by atoms with Crippen molar-refractivity contribution in [3.63, 3.8) is 0 Å². The van der Waals surface area contributed by atoms with Crippen molar-refractivity contribution in [1.82, 2.24) is 5.32 Å². The molecule has 90 valence electrons. The van der Waals surface area contributed by atoms with E-state index in [4.69, 9.17) is 5.73 Å². The second-order valence-electron chi connectivity index (χ2n) is 3.90. The third kappa shape index (κ3) is 2.62. The Bertz CT molecular complexity index is 552. The molecule has 0 saturated heterocycles. The van der Waals surface area contributed by atoms with Crippen LogP contribution >= 0.6 is 11.3 Å². The number of fused-ring (bicyclic) bond motifs is 1. The summed E-state index contributed by atoms with van der Waals surface area (Å²) < 4.78 is 13.8. The van der Waals surface area contributed by atoms with Crippen LogP contribution < -0.4 is 11.1 Å². The van der Waals surface area contributed by atoms with E-state index in [0.29, 0.717) is 11.4 Å². The van der Waals surface area contributed by atoms with Crippen molar-refractivity contribution in [3.05, 3.63) is 35.0 Å². The third-order valence-corrected chi connectivity index (χ3v) is 3.53. The Hall–Kier alpha value is -1.46. The van der Waals surface area contributed by atoms with Gasteiger partial charge in [0.15, 0.2) is 0 Å². The van der Waals surface area contributed by atoms with Crippen LogP contribution in [0.15, 0.2) is 24.3 Å². The fourth-order valence-corrected chi connectivity index (χ4v) is 2.46. The largest absolute Gasteiger partial charge is 0.348 e. The van der Waals surface area contributed by atoms with Crippen molar-refractivity contribution < 1.29 is 9.18 Å². The lowest BCUT2D eigenvalue weighted by molar-refractivity contribution is 0.0945. The Labute approximate surface area is 102 Å². The number of rotatable bonds is 3. The molecule has 2 aromatic rings. The molecule has 0 radical (unpaired) electrons. The predicted molar refractivity (Wildman–Crippen MR) is 67.8 cm³/mol. The molecule has 0 spiro atoms. The van der Waals surface area contributed by atoms with Gasteiger partial charge in [-0.3, -0.25) is 4.79 Å². The van der Waals surface area contributed by atoms with Gasteiger partial charge >= 0.3 is 0 Å². The minimum Gasteiger partial charge on any atom is -0.348 e. The summed E-state index contributed by atoms with van der Waals surface area (Å²) in [7, 11) is 0. The number of benzene rings is 1. The van der Waals surface area contributed by atoms with E-state index in [1.807, 2.05) is 6.92 Å². The second kappa shape index (κ2) is 4.81. The van der Waals surface area contributed by atoms with E-state index in [9.17, 15) is 9.18 Å². The Morgan fingerprint density at radius 3 is 3.00 bits per heavy atom. The quantitative estimate of drug-likeness (QED) is 0.879. The van der Waals surface area contributed by atoms with Gasteiger partial charge < -0.3 is 11.1 Å². The van der Waals surface area contributed by atoms with Gasteiger partial charge in [0.1, 0.15) is 5.82 Å². The molecule has 3 N–H and O–H groups in total. The number of halogens is 1. The van der Waals surface area contributed by atoms with Crippen molar-refractivity contribution in [2.24, 2.45) is 5.73 Å². The van der Waals surface area contributed by atoms with Crippen LogP contribution in [-0.2, 0) is 0 Å². The minimum atomic E-state index is -0.290. The maximum atomic E-state index is 13.0. The highest BCUT2D eigenvalue weighted by Gasteiger charge is 2.12. The van der Waals surface area contributed by atoms with Gasteiger partial charge in [0, 0.05) is 17.3 Å². The lowest BCUT2D eigenvalue weighted by Gasteiger charge is -2.09. The zero-order valence-electron chi connectivity index (χ0n) is 9.37. The number of nitrogens with two attached hydrogens (primary N) is 1. The standard InChI is InChI=1S/C12H13FN2OS/c1-7(6-14)15-12(16)11-4-8-2-3-9(13)5-10(8)17-11/h2-5,7H,6,14H2,1H3,(H,15,16)/t7-/m1/s1. The van der Waals surface area contributed by atoms with E-state index < -0.39 is 0 Å². The molecule has 1 heterocycles. The topological polar surface area (TPSA) is 55.1 Å². The van der Waals surface area contributed by atoms with E-state index in [0.717, 1.165) is 10.1 Å². The molecule has 0 unspecified atom stereocenters. The van der Waals surface area contributed by atoms with Crippen LogP contribution in [0.25, 0.3) is 10.1 Å². The van der Waals surface area contributed by atoms with Gasteiger partial charge in [0.2, 0.25) is 0 Å². The first kappa shape index (κ1) is 12.0. The zero-order valence-corrected chi connectivity index (χ0v) is 10.2. The first-order chi connectivity index (χ1) is 8.10. The van der Waals surface area contributed by atoms with Crippen LogP contribution in [0.3, 0.4) is 0 Å². The summed E-state index contributed by atoms with van der Waals surface area (Å²) in [6, 6.07) is 6.19. The average molecular weight is 252 g/mol. The van der Waals surface area contributed by atoms with Crippen LogP contribution in [0.1, 0.15) is 16.6 Å². The fourth-order valence-electron chi connectivity index (χ4n) is 1.47. The lowest BCUT2D eigenvalue weighted by Crippen LogP contribution is -2.37. The number of hydrogen-bond acceptors (Lipinski definition) is 3. The number of amides is 1. The molecule has 1 amide bonds. The van der Waals surface area contributed by atoms with Gasteiger partial charge in [0.05, 0.1) is 4.88 Å². The van der Waals surface area contributed by atoms with E-state index in [2.05, 4.69) is 5.32 Å². The molecule has 5 heteroatoms. The van der Waals surface area contributed by atoms with Crippen LogP contribution in [0.2, 0.25) is 0 Å². The molecule has 0 saturated carbocycles. The molecule has 0 aliphatic rings. The highest BCUT2D eigenvalue weighted by molar-refractivity contribution is 7.20. The molecule has 0 bridgehead atoms. The molecule has 1 aromatic heterocycles. The smallest absolute Gasteiger partial charge is 0.261 e. The summed E-state index contributed by atoms with van der Waals surface area (Å²) in [6.45, 7) is 2.23. The zero-order chi connectivity index (χ0) is 12.4. The van der Waals surface area contributed by atoms with Crippen molar-refractivity contribution in [3.8, 4) is 0 Å². The number of nitrogens with one attached hydrogen (secondary N) is 1. The summed E-state index contributed by atoms with van der Waals surface area (Å²) in [6.07, 6.45) is 0. The van der Waals surface area contributed by atoms with Gasteiger partial charge in [-0.05, 0) is 30.5 Å². The fraction of sp³-hybridized carbons (Fsp3) is 0.250. The van der Waals surface area contributed by atoms with Crippen molar-refractivity contribution in [2.75, 3.05) is 6.54 Å². The molecule has 0 aliphatic carbocycles. The molecular formula is C12H13FN2OS. The average Bonchev–Trinajstić information content (AvgIpc) is 2.71. The van der Waals surface area contributed by atoms with Crippen molar-refractivity contribution >= 4 is 27.3 Å². The van der Waals surface area contributed by atoms with Crippen molar-refractivity contribution in [1.29, 1.82) is 0 Å². The van der Waals surface area contributed by atoms with Crippen molar-refractivity contribution in [2.45, 2.75) is 13.0 Å². The van der Waals surface area contributed by atoms with E-state index in [-0.39, 0.29) is 17.8 Å². The predicted octanol–water partition coefficient (Wildman–Crippen LogP) is 2.12. The normalized spacial score (nSPS) is 12.6. The van der Waals surface area contributed by atoms with Gasteiger partial charge in [-0.2, -0.15) is 0 Å². The molecule has 2 rings (SSSR count). The maximum Gasteiger partial charge on any atom is 0.261 e. The minimum absolute atomic E-state index is 0.0653. The first-order valence-electron chi connectivity index (χ1n) is 5.30. The summed E-state index contributed by atoms with van der Waals surface area (Å²) in [5.41, 5.74) is 5.43. The molecular weight excluding hydrogens is 239 g/mol. The number of carbonyl (C=O) groups is 1. The molecule has 1 atom stereocenters. The van der Waals surface area contributed by atoms with E-state index in [1.54, 1.807) is 12.1 Å². The van der Waals surface area contributed by atoms with Gasteiger partial charge in [-0.15, -0.1) is 11.3 Å². The Morgan fingerprint density at radius 1 is 1.53 bits per heavy atom. The first-order valence-corrected chi connectivity index (χ1v) is 6.12. The molecule has 1 aromatic carbocycles. The number of thiophene rings is 1. The third-order valence-electron chi connectivity index (χ3n) is 2.44. The van der Waals surface area contributed by atoms with E-state index >= 15 is 0 Å². The van der Waals surface area contributed by atoms with Gasteiger partial charge in [-0.1, -0.05) is 6.07 Å². The molecule has 17 heavy (non-hydrogen) atoms. The Morgan fingerprint density at radius 2 is 2.29 bits per heavy atom. The summed E-state index contributed by atoms with van der Waals surface area (Å²) in [5, 5.41) is 3.65. The molecule has 0 fully saturated rings. The maximum absolute atomic E-state index is 13.0. The molecule has 3 nitrogen and oxygen atoms in total. The highest BCUT2D eigenvalue weighted by atomic mass is 32.1. The monoisotopic (exact) mass is 252 g/mol. The summed E-state index contributed by atoms with van der Waals surface area (Å²) >= 11 is 1.28. The summed E-state index contributed by atoms with van der Waals surface area (Å²) in [5.74, 6) is -0.453. The van der Waals surface area contributed by atoms with Gasteiger partial charge in [0.25, 0.3) is 5.91 Å². The van der Waals surface area contributed by atoms with Crippen LogP contribution in [0.4, 0.5) is 4.39 Å². The highest BCUT2D eigenvalue weighted by Crippen LogP contribution is 2.26. The van der Waals surface area contributed by atoms with Gasteiger partial charge in [-0.25, -0.2) is 4.39 Å². The summed E-state index contributed by atoms with van der Waals surface area (Å²) in [4.78, 5) is 12.4. The Balaban J connectivity index is 2.27.